The van der Waals surface area contributed by atoms with Gasteiger partial charge in [-0.3, -0.25) is 10.1 Å². The molecule has 0 bridgehead atoms. The first-order valence-corrected chi connectivity index (χ1v) is 8.58. The van der Waals surface area contributed by atoms with E-state index in [-0.39, 0.29) is 12.2 Å². The van der Waals surface area contributed by atoms with Crippen LogP contribution in [-0.2, 0) is 14.3 Å². The molecule has 0 saturated heterocycles. The van der Waals surface area contributed by atoms with Crippen LogP contribution in [0.3, 0.4) is 0 Å². The number of anilines is 2. The van der Waals surface area contributed by atoms with Gasteiger partial charge in [-0.25, -0.2) is 9.59 Å². The molecule has 2 amide bonds. The van der Waals surface area contributed by atoms with Gasteiger partial charge in [0.05, 0.1) is 25.0 Å². The van der Waals surface area contributed by atoms with Gasteiger partial charge in [0.25, 0.3) is 5.91 Å². The average Bonchev–Trinajstić information content (AvgIpc) is 2.67. The van der Waals surface area contributed by atoms with Crippen molar-refractivity contribution in [2.45, 2.75) is 13.8 Å². The lowest BCUT2D eigenvalue weighted by atomic mass is 10.2. The molecule has 0 saturated carbocycles. The lowest BCUT2D eigenvalue weighted by Crippen LogP contribution is -2.21. The van der Waals surface area contributed by atoms with E-state index in [4.69, 9.17) is 14.2 Å². The molecule has 2 aromatic rings. The fourth-order valence-corrected chi connectivity index (χ4v) is 2.29. The summed E-state index contributed by atoms with van der Waals surface area (Å²) in [5.74, 6) is -0.637. The van der Waals surface area contributed by atoms with Crippen molar-refractivity contribution < 1.29 is 28.6 Å². The van der Waals surface area contributed by atoms with Gasteiger partial charge in [-0.15, -0.1) is 0 Å². The van der Waals surface area contributed by atoms with Crippen LogP contribution in [0.2, 0.25) is 0 Å². The Labute approximate surface area is 162 Å². The molecule has 0 aromatic heterocycles. The zero-order chi connectivity index (χ0) is 20.5. The third kappa shape index (κ3) is 6.01. The average molecular weight is 386 g/mol. The zero-order valence-corrected chi connectivity index (χ0v) is 15.9. The van der Waals surface area contributed by atoms with Gasteiger partial charge in [0, 0.05) is 5.69 Å². The van der Waals surface area contributed by atoms with Crippen LogP contribution in [0.4, 0.5) is 16.2 Å². The summed E-state index contributed by atoms with van der Waals surface area (Å²) >= 11 is 0. The second-order valence-corrected chi connectivity index (χ2v) is 5.75. The van der Waals surface area contributed by atoms with Crippen LogP contribution in [0.25, 0.3) is 0 Å². The molecule has 0 fully saturated rings. The molecule has 0 aliphatic rings. The van der Waals surface area contributed by atoms with Crippen LogP contribution in [0.1, 0.15) is 22.8 Å². The van der Waals surface area contributed by atoms with Gasteiger partial charge >= 0.3 is 12.1 Å². The Bertz CT molecular complexity index is 848. The summed E-state index contributed by atoms with van der Waals surface area (Å²) in [4.78, 5) is 35.5. The summed E-state index contributed by atoms with van der Waals surface area (Å²) < 4.78 is 15.0. The highest BCUT2D eigenvalue weighted by atomic mass is 16.5. The maximum Gasteiger partial charge on any atom is 0.411 e. The SMILES string of the molecule is CCOC(=O)Nc1ccc(C(=O)OCC(=O)Nc2cc(C)ccc2OC)cc1. The molecule has 8 heteroatoms. The van der Waals surface area contributed by atoms with Crippen LogP contribution in [0, 0.1) is 6.92 Å². The highest BCUT2D eigenvalue weighted by molar-refractivity contribution is 5.96. The van der Waals surface area contributed by atoms with Gasteiger partial charge in [0.15, 0.2) is 6.61 Å². The second-order valence-electron chi connectivity index (χ2n) is 5.75. The third-order valence-corrected chi connectivity index (χ3v) is 3.61. The summed E-state index contributed by atoms with van der Waals surface area (Å²) in [7, 11) is 1.50. The molecule has 8 nitrogen and oxygen atoms in total. The molecule has 2 rings (SSSR count). The highest BCUT2D eigenvalue weighted by Gasteiger charge is 2.13. The summed E-state index contributed by atoms with van der Waals surface area (Å²) in [5.41, 5.74) is 2.16. The van der Waals surface area contributed by atoms with Gasteiger partial charge in [-0.05, 0) is 55.8 Å². The number of methoxy groups -OCH3 is 1. The number of aryl methyl sites for hydroxylation is 1. The minimum absolute atomic E-state index is 0.246. The van der Waals surface area contributed by atoms with E-state index in [1.54, 1.807) is 19.1 Å². The molecule has 0 radical (unpaired) electrons. The Hall–Kier alpha value is -3.55. The topological polar surface area (TPSA) is 103 Å². The summed E-state index contributed by atoms with van der Waals surface area (Å²) in [6.45, 7) is 3.39. The largest absolute Gasteiger partial charge is 0.495 e. The molecule has 28 heavy (non-hydrogen) atoms. The van der Waals surface area contributed by atoms with E-state index in [0.717, 1.165) is 5.56 Å². The van der Waals surface area contributed by atoms with Crippen molar-refractivity contribution in [3.05, 3.63) is 53.6 Å². The molecule has 2 N–H and O–H groups in total. The molecular formula is C20H22N2O6. The van der Waals surface area contributed by atoms with Gasteiger partial charge in [0.2, 0.25) is 0 Å². The van der Waals surface area contributed by atoms with Crippen molar-refractivity contribution in [2.24, 2.45) is 0 Å². The van der Waals surface area contributed by atoms with Gasteiger partial charge < -0.3 is 19.5 Å². The van der Waals surface area contributed by atoms with Crippen molar-refractivity contribution in [1.82, 2.24) is 0 Å². The highest BCUT2D eigenvalue weighted by Crippen LogP contribution is 2.25. The lowest BCUT2D eigenvalue weighted by Gasteiger charge is -2.11. The predicted molar refractivity (Wildman–Crippen MR) is 104 cm³/mol. The zero-order valence-electron chi connectivity index (χ0n) is 15.9. The monoisotopic (exact) mass is 386 g/mol. The van der Waals surface area contributed by atoms with E-state index in [1.807, 2.05) is 13.0 Å². The molecule has 2 aromatic carbocycles. The van der Waals surface area contributed by atoms with Crippen LogP contribution in [-0.4, -0.2) is 38.3 Å². The molecule has 0 unspecified atom stereocenters. The van der Waals surface area contributed by atoms with E-state index in [1.165, 1.54) is 31.4 Å². The number of amides is 2. The van der Waals surface area contributed by atoms with E-state index in [9.17, 15) is 14.4 Å². The minimum atomic E-state index is -0.658. The molecule has 148 valence electrons. The fraction of sp³-hybridized carbons (Fsp3) is 0.250. The van der Waals surface area contributed by atoms with Crippen LogP contribution in [0.15, 0.2) is 42.5 Å². The first-order chi connectivity index (χ1) is 13.4. The van der Waals surface area contributed by atoms with Crippen LogP contribution < -0.4 is 15.4 Å². The fourth-order valence-electron chi connectivity index (χ4n) is 2.29. The summed E-state index contributed by atoms with van der Waals surface area (Å²) in [6.07, 6.45) is -0.582. The van der Waals surface area contributed by atoms with Gasteiger partial charge in [-0.1, -0.05) is 6.07 Å². The molecule has 0 aliphatic carbocycles. The third-order valence-electron chi connectivity index (χ3n) is 3.61. The van der Waals surface area contributed by atoms with Crippen molar-refractivity contribution in [3.8, 4) is 5.75 Å². The number of carbonyl (C=O) groups excluding carboxylic acids is 3. The maximum absolute atomic E-state index is 12.1. The van der Waals surface area contributed by atoms with Gasteiger partial charge in [0.1, 0.15) is 5.75 Å². The van der Waals surface area contributed by atoms with Gasteiger partial charge in [-0.2, -0.15) is 0 Å². The van der Waals surface area contributed by atoms with Crippen LogP contribution in [0.5, 0.6) is 5.75 Å². The number of rotatable bonds is 7. The Morgan fingerprint density at radius 2 is 1.68 bits per heavy atom. The minimum Gasteiger partial charge on any atom is -0.495 e. The number of carbonyl (C=O) groups is 3. The van der Waals surface area contributed by atoms with Crippen molar-refractivity contribution in [3.63, 3.8) is 0 Å². The first kappa shape index (κ1) is 20.8. The number of nitrogens with one attached hydrogen (secondary N) is 2. The smallest absolute Gasteiger partial charge is 0.411 e. The van der Waals surface area contributed by atoms with Crippen molar-refractivity contribution >= 4 is 29.3 Å². The number of hydrogen-bond acceptors (Lipinski definition) is 6. The summed E-state index contributed by atoms with van der Waals surface area (Å²) in [5, 5.41) is 5.16. The maximum atomic E-state index is 12.1. The number of benzene rings is 2. The summed E-state index contributed by atoms with van der Waals surface area (Å²) in [6, 6.07) is 11.4. The normalized spacial score (nSPS) is 9.96. The van der Waals surface area contributed by atoms with Crippen molar-refractivity contribution in [1.29, 1.82) is 0 Å². The Morgan fingerprint density at radius 1 is 0.964 bits per heavy atom. The standard InChI is InChI=1S/C20H22N2O6/c1-4-27-20(25)21-15-8-6-14(7-9-15)19(24)28-12-18(23)22-16-11-13(2)5-10-17(16)26-3/h5-11H,4,12H2,1-3H3,(H,21,25)(H,22,23). The first-order valence-electron chi connectivity index (χ1n) is 8.58. The lowest BCUT2D eigenvalue weighted by molar-refractivity contribution is -0.119. The second kappa shape index (κ2) is 9.96. The number of ether oxygens (including phenoxy) is 3. The Kier molecular flexibility index (Phi) is 7.38. The Morgan fingerprint density at radius 3 is 2.32 bits per heavy atom. The van der Waals surface area contributed by atoms with E-state index in [0.29, 0.717) is 17.1 Å². The number of hydrogen-bond donors (Lipinski definition) is 2. The quantitative estimate of drug-likeness (QED) is 0.707. The van der Waals surface area contributed by atoms with Crippen LogP contribution >= 0.6 is 0 Å². The molecule has 0 atom stereocenters. The van der Waals surface area contributed by atoms with E-state index >= 15 is 0 Å². The number of esters is 1. The molecular weight excluding hydrogens is 364 g/mol. The van der Waals surface area contributed by atoms with E-state index in [2.05, 4.69) is 10.6 Å². The molecule has 0 heterocycles. The predicted octanol–water partition coefficient (Wildman–Crippen LogP) is 3.37. The Balaban J connectivity index is 1.88. The van der Waals surface area contributed by atoms with E-state index < -0.39 is 24.6 Å². The molecule has 0 aliphatic heterocycles. The molecule has 0 spiro atoms. The van der Waals surface area contributed by atoms with Crippen molar-refractivity contribution in [2.75, 3.05) is 31.0 Å².